The molecule has 1 unspecified atom stereocenters. The van der Waals surface area contributed by atoms with E-state index in [2.05, 4.69) is 10.5 Å². The van der Waals surface area contributed by atoms with Crippen molar-refractivity contribution in [2.45, 2.75) is 19.4 Å². The molecule has 3 rings (SSSR count). The van der Waals surface area contributed by atoms with Crippen molar-refractivity contribution in [3.63, 3.8) is 0 Å². The second kappa shape index (κ2) is 5.57. The molecule has 0 radical (unpaired) electrons. The van der Waals surface area contributed by atoms with Gasteiger partial charge in [0.2, 0.25) is 0 Å². The van der Waals surface area contributed by atoms with Gasteiger partial charge in [-0.25, -0.2) is 8.42 Å². The molecule has 1 aromatic heterocycles. The van der Waals surface area contributed by atoms with Crippen molar-refractivity contribution in [1.29, 1.82) is 0 Å². The average molecular weight is 320 g/mol. The topological polar surface area (TPSA) is 89.3 Å². The Kier molecular flexibility index (Phi) is 3.74. The lowest BCUT2D eigenvalue weighted by molar-refractivity contribution is 0.0941. The lowest BCUT2D eigenvalue weighted by Gasteiger charge is -2.10. The van der Waals surface area contributed by atoms with Crippen LogP contribution in [0.1, 0.15) is 22.3 Å². The number of carbonyl (C=O) groups excluding carboxylic acids is 1. The van der Waals surface area contributed by atoms with Crippen LogP contribution in [0, 0.1) is 6.92 Å². The number of nitrogens with zero attached hydrogens (tertiary/aromatic N) is 1. The quantitative estimate of drug-likeness (QED) is 0.927. The van der Waals surface area contributed by atoms with Crippen LogP contribution in [-0.4, -0.2) is 37.0 Å². The first-order chi connectivity index (χ1) is 10.4. The molecular weight excluding hydrogens is 304 g/mol. The number of aryl methyl sites for hydroxylation is 1. The van der Waals surface area contributed by atoms with E-state index in [0.717, 1.165) is 11.1 Å². The van der Waals surface area contributed by atoms with Gasteiger partial charge in [0.1, 0.15) is 5.56 Å². The van der Waals surface area contributed by atoms with E-state index >= 15 is 0 Å². The first-order valence-corrected chi connectivity index (χ1v) is 8.80. The first-order valence-electron chi connectivity index (χ1n) is 6.97. The highest BCUT2D eigenvalue weighted by Crippen LogP contribution is 2.24. The molecule has 116 valence electrons. The first kappa shape index (κ1) is 14.8. The van der Waals surface area contributed by atoms with Gasteiger partial charge in [-0.15, -0.1) is 0 Å². The molecule has 1 atom stereocenters. The van der Waals surface area contributed by atoms with Gasteiger partial charge in [-0.2, -0.15) is 0 Å². The molecule has 1 aliphatic rings. The van der Waals surface area contributed by atoms with Crippen molar-refractivity contribution < 1.29 is 17.7 Å². The average Bonchev–Trinajstić information content (AvgIpc) is 3.06. The molecule has 1 amide bonds. The van der Waals surface area contributed by atoms with E-state index in [1.807, 2.05) is 31.2 Å². The molecule has 0 spiro atoms. The van der Waals surface area contributed by atoms with Crippen molar-refractivity contribution in [3.05, 3.63) is 41.6 Å². The Labute approximate surface area is 128 Å². The van der Waals surface area contributed by atoms with E-state index < -0.39 is 9.84 Å². The molecular formula is C15H16N2O4S. The van der Waals surface area contributed by atoms with E-state index in [1.165, 1.54) is 6.20 Å². The number of hydrogen-bond donors (Lipinski definition) is 1. The predicted molar refractivity (Wildman–Crippen MR) is 81.2 cm³/mol. The van der Waals surface area contributed by atoms with Crippen LogP contribution < -0.4 is 5.32 Å². The van der Waals surface area contributed by atoms with Gasteiger partial charge in [-0.05, 0) is 13.3 Å². The third-order valence-electron chi connectivity index (χ3n) is 3.70. The van der Waals surface area contributed by atoms with E-state index in [4.69, 9.17) is 4.52 Å². The van der Waals surface area contributed by atoms with Gasteiger partial charge in [0.25, 0.3) is 5.91 Å². The van der Waals surface area contributed by atoms with E-state index in [1.54, 1.807) is 0 Å². The maximum atomic E-state index is 12.3. The zero-order valence-electron chi connectivity index (χ0n) is 12.1. The van der Waals surface area contributed by atoms with Crippen molar-refractivity contribution >= 4 is 15.7 Å². The molecule has 1 saturated heterocycles. The Balaban J connectivity index is 1.80. The number of carbonyl (C=O) groups is 1. The van der Waals surface area contributed by atoms with Gasteiger partial charge in [-0.3, -0.25) is 4.79 Å². The molecule has 1 N–H and O–H groups in total. The summed E-state index contributed by atoms with van der Waals surface area (Å²) in [4.78, 5) is 12.3. The summed E-state index contributed by atoms with van der Waals surface area (Å²) in [7, 11) is -3.03. The van der Waals surface area contributed by atoms with E-state index in [0.29, 0.717) is 17.7 Å². The largest absolute Gasteiger partial charge is 0.355 e. The number of aromatic nitrogens is 1. The van der Waals surface area contributed by atoms with Gasteiger partial charge in [-0.1, -0.05) is 35.0 Å². The fourth-order valence-electron chi connectivity index (χ4n) is 2.49. The summed E-state index contributed by atoms with van der Waals surface area (Å²) < 4.78 is 28.1. The Morgan fingerprint density at radius 2 is 2.05 bits per heavy atom. The minimum Gasteiger partial charge on any atom is -0.355 e. The third-order valence-corrected chi connectivity index (χ3v) is 5.46. The second-order valence-corrected chi connectivity index (χ2v) is 7.74. The van der Waals surface area contributed by atoms with Gasteiger partial charge in [0, 0.05) is 11.6 Å². The highest BCUT2D eigenvalue weighted by molar-refractivity contribution is 7.91. The van der Waals surface area contributed by atoms with Crippen molar-refractivity contribution in [1.82, 2.24) is 10.5 Å². The molecule has 1 aromatic carbocycles. The molecule has 0 saturated carbocycles. The van der Waals surface area contributed by atoms with Crippen LogP contribution in [0.5, 0.6) is 0 Å². The number of sulfone groups is 1. The molecule has 0 aliphatic carbocycles. The van der Waals surface area contributed by atoms with E-state index in [-0.39, 0.29) is 23.5 Å². The predicted octanol–water partition coefficient (Wildman–Crippen LogP) is 1.57. The van der Waals surface area contributed by atoms with Crippen LogP contribution in [0.25, 0.3) is 11.3 Å². The van der Waals surface area contributed by atoms with Gasteiger partial charge in [0.05, 0.1) is 17.7 Å². The summed E-state index contributed by atoms with van der Waals surface area (Å²) in [6.07, 6.45) is 1.80. The fraction of sp³-hybridized carbons (Fsp3) is 0.333. The van der Waals surface area contributed by atoms with E-state index in [9.17, 15) is 13.2 Å². The maximum absolute atomic E-state index is 12.3. The smallest absolute Gasteiger partial charge is 0.257 e. The molecule has 6 nitrogen and oxygen atoms in total. The van der Waals surface area contributed by atoms with Gasteiger partial charge >= 0.3 is 0 Å². The molecule has 0 bridgehead atoms. The van der Waals surface area contributed by atoms with Crippen LogP contribution in [0.3, 0.4) is 0 Å². The maximum Gasteiger partial charge on any atom is 0.257 e. The van der Waals surface area contributed by atoms with Gasteiger partial charge < -0.3 is 9.84 Å². The number of amides is 1. The van der Waals surface area contributed by atoms with Crippen LogP contribution >= 0.6 is 0 Å². The number of nitrogens with one attached hydrogen (secondary N) is 1. The minimum absolute atomic E-state index is 0.0100. The Morgan fingerprint density at radius 1 is 1.32 bits per heavy atom. The summed E-state index contributed by atoms with van der Waals surface area (Å²) in [5, 5.41) is 6.43. The molecule has 2 aromatic rings. The second-order valence-electron chi connectivity index (χ2n) is 5.51. The Morgan fingerprint density at radius 3 is 2.68 bits per heavy atom. The summed E-state index contributed by atoms with van der Waals surface area (Å²) in [5.41, 5.74) is 2.17. The SMILES string of the molecule is Cc1ccc(-c2oncc2C(=O)NC2CCS(=O)(=O)C2)cc1. The van der Waals surface area contributed by atoms with Crippen LogP contribution in [-0.2, 0) is 9.84 Å². The molecule has 1 fully saturated rings. The zero-order valence-corrected chi connectivity index (χ0v) is 12.9. The van der Waals surface area contributed by atoms with Crippen molar-refractivity contribution in [2.75, 3.05) is 11.5 Å². The molecule has 2 heterocycles. The summed E-state index contributed by atoms with van der Waals surface area (Å²) >= 11 is 0. The minimum atomic E-state index is -3.03. The molecule has 22 heavy (non-hydrogen) atoms. The highest BCUT2D eigenvalue weighted by Gasteiger charge is 2.30. The van der Waals surface area contributed by atoms with Gasteiger partial charge in [0.15, 0.2) is 15.6 Å². The normalized spacial score (nSPS) is 20.0. The van der Waals surface area contributed by atoms with Crippen molar-refractivity contribution in [2.24, 2.45) is 0 Å². The van der Waals surface area contributed by atoms with Crippen molar-refractivity contribution in [3.8, 4) is 11.3 Å². The number of rotatable bonds is 3. The summed E-state index contributed by atoms with van der Waals surface area (Å²) in [5.74, 6) is 0.133. The Hall–Kier alpha value is -2.15. The lowest BCUT2D eigenvalue weighted by atomic mass is 10.1. The highest BCUT2D eigenvalue weighted by atomic mass is 32.2. The number of benzene rings is 1. The Bertz CT molecular complexity index is 793. The van der Waals surface area contributed by atoms with Crippen LogP contribution in [0.15, 0.2) is 35.0 Å². The third kappa shape index (κ3) is 3.04. The van der Waals surface area contributed by atoms with Crippen LogP contribution in [0.2, 0.25) is 0 Å². The van der Waals surface area contributed by atoms with Crippen LogP contribution in [0.4, 0.5) is 0 Å². The summed E-state index contributed by atoms with van der Waals surface area (Å²) in [6, 6.07) is 7.20. The molecule has 1 aliphatic heterocycles. The lowest BCUT2D eigenvalue weighted by Crippen LogP contribution is -2.35. The zero-order chi connectivity index (χ0) is 15.7. The monoisotopic (exact) mass is 320 g/mol. The molecule has 7 heteroatoms. The number of hydrogen-bond acceptors (Lipinski definition) is 5. The standard InChI is InChI=1S/C15H16N2O4S/c1-10-2-4-11(5-3-10)14-13(8-16-21-14)15(18)17-12-6-7-22(19,20)9-12/h2-5,8,12H,6-7,9H2,1H3,(H,17,18). The fourth-order valence-corrected chi connectivity index (χ4v) is 4.16. The summed E-state index contributed by atoms with van der Waals surface area (Å²) in [6.45, 7) is 1.97.